The number of nitrogens with two attached hydrogens (primary N) is 1. The summed E-state index contributed by atoms with van der Waals surface area (Å²) in [6.45, 7) is 2.75. The van der Waals surface area contributed by atoms with Crippen molar-refractivity contribution < 1.29 is 14.7 Å². The van der Waals surface area contributed by atoms with Crippen molar-refractivity contribution in [2.75, 3.05) is 36.8 Å². The molecule has 0 aromatic heterocycles. The van der Waals surface area contributed by atoms with Gasteiger partial charge in [-0.1, -0.05) is 60.1 Å². The number of piperazine rings is 1. The van der Waals surface area contributed by atoms with Gasteiger partial charge in [0.25, 0.3) is 5.91 Å². The molecule has 1 saturated heterocycles. The number of aromatic hydroxyl groups is 1. The van der Waals surface area contributed by atoms with Crippen molar-refractivity contribution in [2.24, 2.45) is 5.10 Å². The number of nitrogens with zero attached hydrogens (tertiary/aromatic N) is 3. The summed E-state index contributed by atoms with van der Waals surface area (Å²) in [4.78, 5) is 29.7. The van der Waals surface area contributed by atoms with Crippen LogP contribution < -0.4 is 16.1 Å². The first-order valence-electron chi connectivity index (χ1n) is 12.6. The van der Waals surface area contributed by atoms with Gasteiger partial charge in [-0.2, -0.15) is 5.10 Å². The number of halogens is 1. The van der Waals surface area contributed by atoms with Gasteiger partial charge in [-0.15, -0.1) is 0 Å². The maximum atomic E-state index is 13.2. The zero-order chi connectivity index (χ0) is 27.4. The average Bonchev–Trinajstić information content (AvgIpc) is 2.96. The van der Waals surface area contributed by atoms with Gasteiger partial charge in [-0.3, -0.25) is 9.59 Å². The molecule has 0 radical (unpaired) electrons. The molecule has 0 aliphatic carbocycles. The van der Waals surface area contributed by atoms with E-state index in [-0.39, 0.29) is 22.2 Å². The fourth-order valence-corrected chi connectivity index (χ4v) is 4.95. The Morgan fingerprint density at radius 1 is 0.949 bits per heavy atom. The lowest BCUT2D eigenvalue weighted by atomic mass is 9.97. The third-order valence-electron chi connectivity index (χ3n) is 6.88. The highest BCUT2D eigenvalue weighted by Crippen LogP contribution is 2.26. The predicted octanol–water partition coefficient (Wildman–Crippen LogP) is 4.44. The van der Waals surface area contributed by atoms with Crippen molar-refractivity contribution in [1.29, 1.82) is 0 Å². The molecular formula is C30H28ClN5O3. The number of benzene rings is 4. The molecular weight excluding hydrogens is 514 g/mol. The first-order chi connectivity index (χ1) is 18.9. The second kappa shape index (κ2) is 11.4. The molecule has 1 heterocycles. The average molecular weight is 542 g/mol. The molecule has 198 valence electrons. The van der Waals surface area contributed by atoms with Crippen LogP contribution in [0.2, 0.25) is 5.02 Å². The molecule has 4 aromatic carbocycles. The van der Waals surface area contributed by atoms with Crippen LogP contribution in [0, 0.1) is 0 Å². The Bertz CT molecular complexity index is 1560. The Kier molecular flexibility index (Phi) is 7.65. The summed E-state index contributed by atoms with van der Waals surface area (Å²) in [5.41, 5.74) is 12.4. The van der Waals surface area contributed by atoms with E-state index < -0.39 is 5.91 Å². The number of phenols is 1. The van der Waals surface area contributed by atoms with E-state index in [1.807, 2.05) is 65.6 Å². The quantitative estimate of drug-likeness (QED) is 0.190. The fourth-order valence-electron chi connectivity index (χ4n) is 4.77. The number of nitrogens with one attached hydrogen (secondary N) is 1. The van der Waals surface area contributed by atoms with E-state index in [1.54, 1.807) is 6.21 Å². The number of carbonyl (C=O) groups excluding carboxylic acids is 2. The molecule has 2 amide bonds. The molecule has 1 aliphatic heterocycles. The van der Waals surface area contributed by atoms with Gasteiger partial charge < -0.3 is 20.6 Å². The highest BCUT2D eigenvalue weighted by molar-refractivity contribution is 6.32. The number of amides is 2. The molecule has 0 atom stereocenters. The van der Waals surface area contributed by atoms with Gasteiger partial charge in [0.2, 0.25) is 5.91 Å². The maximum absolute atomic E-state index is 13.2. The number of hydrogen-bond donors (Lipinski definition) is 3. The van der Waals surface area contributed by atoms with Gasteiger partial charge >= 0.3 is 0 Å². The minimum absolute atomic E-state index is 0.0853. The molecule has 0 saturated carbocycles. The Morgan fingerprint density at radius 2 is 1.67 bits per heavy atom. The van der Waals surface area contributed by atoms with E-state index >= 15 is 0 Å². The zero-order valence-corrected chi connectivity index (χ0v) is 21.9. The number of anilines is 2. The van der Waals surface area contributed by atoms with E-state index in [1.165, 1.54) is 18.2 Å². The molecule has 0 bridgehead atoms. The molecule has 1 aliphatic rings. The molecule has 8 nitrogen and oxygen atoms in total. The molecule has 9 heteroatoms. The third kappa shape index (κ3) is 5.81. The van der Waals surface area contributed by atoms with E-state index in [2.05, 4.69) is 15.4 Å². The predicted molar refractivity (Wildman–Crippen MR) is 155 cm³/mol. The maximum Gasteiger partial charge on any atom is 0.271 e. The molecule has 1 fully saturated rings. The minimum atomic E-state index is -0.449. The first-order valence-corrected chi connectivity index (χ1v) is 13.0. The number of carbonyl (C=O) groups is 2. The number of hydrogen-bond acceptors (Lipinski definition) is 6. The first kappa shape index (κ1) is 26.1. The van der Waals surface area contributed by atoms with Crippen LogP contribution in [0.15, 0.2) is 84.0 Å². The van der Waals surface area contributed by atoms with Crippen LogP contribution in [0.4, 0.5) is 11.4 Å². The number of hydrazone groups is 1. The van der Waals surface area contributed by atoms with Crippen molar-refractivity contribution in [3.63, 3.8) is 0 Å². The molecule has 0 spiro atoms. The Hall–Kier alpha value is -4.56. The molecule has 4 aromatic rings. The lowest BCUT2D eigenvalue weighted by molar-refractivity contribution is -0.130. The second-order valence-corrected chi connectivity index (χ2v) is 9.74. The van der Waals surface area contributed by atoms with Crippen molar-refractivity contribution >= 4 is 51.8 Å². The normalized spacial score (nSPS) is 13.7. The monoisotopic (exact) mass is 541 g/mol. The largest absolute Gasteiger partial charge is 0.506 e. The highest BCUT2D eigenvalue weighted by atomic mass is 35.5. The van der Waals surface area contributed by atoms with Crippen LogP contribution in [0.25, 0.3) is 10.8 Å². The summed E-state index contributed by atoms with van der Waals surface area (Å²) in [5, 5.41) is 15.6. The third-order valence-corrected chi connectivity index (χ3v) is 7.18. The Labute approximate surface area is 231 Å². The minimum Gasteiger partial charge on any atom is -0.506 e. The number of nitrogen functional groups attached to an aromatic ring is 1. The lowest BCUT2D eigenvalue weighted by Gasteiger charge is -2.36. The van der Waals surface area contributed by atoms with E-state index in [9.17, 15) is 14.7 Å². The van der Waals surface area contributed by atoms with E-state index in [4.69, 9.17) is 17.3 Å². The van der Waals surface area contributed by atoms with Crippen LogP contribution in [0.3, 0.4) is 0 Å². The Balaban J connectivity index is 1.25. The van der Waals surface area contributed by atoms with Gasteiger partial charge in [0.05, 0.1) is 29.0 Å². The van der Waals surface area contributed by atoms with Crippen LogP contribution in [-0.4, -0.2) is 54.2 Å². The zero-order valence-electron chi connectivity index (χ0n) is 21.2. The standard InChI is InChI=1S/C30H28ClN5O3/c31-25-17-21(11-12-28(25)37)30(39)34-33-19-22-10-9-20(23-5-1-2-6-24(22)23)18-29(38)36-15-13-35(14-16-36)27-8-4-3-7-26(27)32/h1-12,17,19,37H,13-16,18,32H2,(H,34,39)/b33-19+. The molecule has 4 N–H and O–H groups in total. The summed E-state index contributed by atoms with van der Waals surface area (Å²) in [5.74, 6) is -0.460. The van der Waals surface area contributed by atoms with Gasteiger partial charge in [0, 0.05) is 37.3 Å². The summed E-state index contributed by atoms with van der Waals surface area (Å²) in [7, 11) is 0. The van der Waals surface area contributed by atoms with Crippen molar-refractivity contribution in [2.45, 2.75) is 6.42 Å². The summed E-state index contributed by atoms with van der Waals surface area (Å²) >= 11 is 5.89. The van der Waals surface area contributed by atoms with Gasteiger partial charge in [-0.25, -0.2) is 5.43 Å². The van der Waals surface area contributed by atoms with Gasteiger partial charge in [0.1, 0.15) is 5.75 Å². The van der Waals surface area contributed by atoms with Crippen molar-refractivity contribution in [1.82, 2.24) is 10.3 Å². The number of phenolic OH excluding ortho intramolecular Hbond substituents is 1. The van der Waals surface area contributed by atoms with Crippen LogP contribution in [0.1, 0.15) is 21.5 Å². The van der Waals surface area contributed by atoms with E-state index in [0.717, 1.165) is 46.4 Å². The summed E-state index contributed by atoms with van der Waals surface area (Å²) < 4.78 is 0. The summed E-state index contributed by atoms with van der Waals surface area (Å²) in [6, 6.07) is 23.7. The van der Waals surface area contributed by atoms with Gasteiger partial charge in [-0.05, 0) is 46.7 Å². The van der Waals surface area contributed by atoms with Crippen LogP contribution in [0.5, 0.6) is 5.75 Å². The van der Waals surface area contributed by atoms with Gasteiger partial charge in [0.15, 0.2) is 0 Å². The summed E-state index contributed by atoms with van der Waals surface area (Å²) in [6.07, 6.45) is 1.87. The molecule has 0 unspecified atom stereocenters. The molecule has 5 rings (SSSR count). The van der Waals surface area contributed by atoms with Crippen molar-refractivity contribution in [3.8, 4) is 5.75 Å². The van der Waals surface area contributed by atoms with E-state index in [0.29, 0.717) is 19.5 Å². The highest BCUT2D eigenvalue weighted by Gasteiger charge is 2.23. The Morgan fingerprint density at radius 3 is 2.41 bits per heavy atom. The van der Waals surface area contributed by atoms with Crippen LogP contribution in [-0.2, 0) is 11.2 Å². The van der Waals surface area contributed by atoms with Crippen LogP contribution >= 0.6 is 11.6 Å². The van der Waals surface area contributed by atoms with Crippen molar-refractivity contribution in [3.05, 3.63) is 101 Å². The number of para-hydroxylation sites is 2. The SMILES string of the molecule is Nc1ccccc1N1CCN(C(=O)Cc2ccc(/C=N/NC(=O)c3ccc(O)c(Cl)c3)c3ccccc23)CC1. The number of fused-ring (bicyclic) bond motifs is 1. The lowest BCUT2D eigenvalue weighted by Crippen LogP contribution is -2.49. The molecule has 39 heavy (non-hydrogen) atoms. The second-order valence-electron chi connectivity index (χ2n) is 9.33. The smallest absolute Gasteiger partial charge is 0.271 e. The fraction of sp³-hybridized carbons (Fsp3) is 0.167. The number of rotatable bonds is 6. The topological polar surface area (TPSA) is 111 Å².